The molecule has 0 aliphatic heterocycles. The van der Waals surface area contributed by atoms with Gasteiger partial charge >= 0.3 is 5.97 Å². The molecule has 164 valence electrons. The molecule has 0 fully saturated rings. The SMILES string of the molecule is C=C(C)C.C=C(C)C(=O)Oc1ccc(-c2ccc(OC=O)cc2OCC=C(C)C)cc1. The van der Waals surface area contributed by atoms with Gasteiger partial charge in [0, 0.05) is 17.2 Å². The van der Waals surface area contributed by atoms with E-state index in [4.69, 9.17) is 14.2 Å². The Labute approximate surface area is 184 Å². The Bertz CT molecular complexity index is 944. The number of carbonyl (C=O) groups excluding carboxylic acids is 2. The van der Waals surface area contributed by atoms with Crippen molar-refractivity contribution in [3.05, 3.63) is 78.4 Å². The van der Waals surface area contributed by atoms with Crippen LogP contribution in [0.4, 0.5) is 0 Å². The third kappa shape index (κ3) is 9.63. The third-order valence-corrected chi connectivity index (χ3v) is 3.59. The highest BCUT2D eigenvalue weighted by atomic mass is 16.5. The molecule has 5 nitrogen and oxygen atoms in total. The lowest BCUT2D eigenvalue weighted by Crippen LogP contribution is -2.07. The van der Waals surface area contributed by atoms with Crippen molar-refractivity contribution in [2.75, 3.05) is 6.61 Å². The fraction of sp³-hybridized carbons (Fsp3) is 0.231. The van der Waals surface area contributed by atoms with Crippen LogP contribution in [0.5, 0.6) is 17.2 Å². The summed E-state index contributed by atoms with van der Waals surface area (Å²) in [4.78, 5) is 22.2. The van der Waals surface area contributed by atoms with E-state index in [-0.39, 0.29) is 0 Å². The Kier molecular flexibility index (Phi) is 10.5. The summed E-state index contributed by atoms with van der Waals surface area (Å²) in [6.45, 7) is 17.4. The Morgan fingerprint density at radius 1 is 0.935 bits per heavy atom. The summed E-state index contributed by atoms with van der Waals surface area (Å²) in [7, 11) is 0. The second kappa shape index (κ2) is 12.9. The first-order valence-electron chi connectivity index (χ1n) is 9.74. The molecule has 0 N–H and O–H groups in total. The molecule has 0 aliphatic carbocycles. The summed E-state index contributed by atoms with van der Waals surface area (Å²) in [6, 6.07) is 12.2. The van der Waals surface area contributed by atoms with Gasteiger partial charge in [-0.1, -0.05) is 29.9 Å². The first-order valence-corrected chi connectivity index (χ1v) is 9.74. The molecule has 0 spiro atoms. The fourth-order valence-electron chi connectivity index (χ4n) is 2.18. The highest BCUT2D eigenvalue weighted by molar-refractivity contribution is 5.88. The van der Waals surface area contributed by atoms with Gasteiger partial charge < -0.3 is 14.2 Å². The van der Waals surface area contributed by atoms with Crippen LogP contribution in [0, 0.1) is 0 Å². The number of carbonyl (C=O) groups is 2. The summed E-state index contributed by atoms with van der Waals surface area (Å²) in [5, 5.41) is 0. The lowest BCUT2D eigenvalue weighted by atomic mass is 10.0. The second-order valence-electron chi connectivity index (χ2n) is 7.37. The fourth-order valence-corrected chi connectivity index (χ4v) is 2.18. The number of allylic oxidation sites excluding steroid dienone is 2. The van der Waals surface area contributed by atoms with Crippen LogP contribution in [0.3, 0.4) is 0 Å². The predicted octanol–water partition coefficient (Wildman–Crippen LogP) is 6.30. The Balaban J connectivity index is 0.00000110. The molecule has 0 atom stereocenters. The van der Waals surface area contributed by atoms with Crippen molar-refractivity contribution in [1.29, 1.82) is 0 Å². The zero-order valence-corrected chi connectivity index (χ0v) is 18.9. The van der Waals surface area contributed by atoms with Gasteiger partial charge in [-0.2, -0.15) is 0 Å². The summed E-state index contributed by atoms with van der Waals surface area (Å²) in [6.07, 6.45) is 1.96. The molecule has 0 aliphatic rings. The molecule has 5 heteroatoms. The second-order valence-corrected chi connectivity index (χ2v) is 7.37. The monoisotopic (exact) mass is 422 g/mol. The minimum absolute atomic E-state index is 0.333. The summed E-state index contributed by atoms with van der Waals surface area (Å²) in [5.74, 6) is 0.940. The first-order chi connectivity index (χ1) is 14.6. The quantitative estimate of drug-likeness (QED) is 0.164. The van der Waals surface area contributed by atoms with Crippen molar-refractivity contribution in [2.24, 2.45) is 0 Å². The van der Waals surface area contributed by atoms with Gasteiger partial charge in [0.15, 0.2) is 0 Å². The molecule has 0 amide bonds. The minimum atomic E-state index is -0.469. The Morgan fingerprint density at radius 3 is 2.03 bits per heavy atom. The number of rotatable bonds is 8. The van der Waals surface area contributed by atoms with E-state index in [0.717, 1.165) is 16.7 Å². The maximum atomic E-state index is 11.6. The lowest BCUT2D eigenvalue weighted by Gasteiger charge is -2.13. The summed E-state index contributed by atoms with van der Waals surface area (Å²) >= 11 is 0. The van der Waals surface area contributed by atoms with E-state index in [1.54, 1.807) is 31.2 Å². The Hall–Kier alpha value is -3.60. The number of hydrogen-bond acceptors (Lipinski definition) is 5. The van der Waals surface area contributed by atoms with Gasteiger partial charge in [0.05, 0.1) is 0 Å². The molecule has 2 aromatic rings. The van der Waals surface area contributed by atoms with Crippen molar-refractivity contribution < 1.29 is 23.8 Å². The van der Waals surface area contributed by atoms with Crippen molar-refractivity contribution in [2.45, 2.75) is 34.6 Å². The average molecular weight is 423 g/mol. The van der Waals surface area contributed by atoms with Crippen LogP contribution in [-0.2, 0) is 9.59 Å². The zero-order chi connectivity index (χ0) is 23.4. The van der Waals surface area contributed by atoms with Crippen LogP contribution in [0.2, 0.25) is 0 Å². The van der Waals surface area contributed by atoms with Crippen molar-refractivity contribution >= 4 is 12.4 Å². The number of hydrogen-bond donors (Lipinski definition) is 0. The molecule has 31 heavy (non-hydrogen) atoms. The average Bonchev–Trinajstić information content (AvgIpc) is 2.68. The van der Waals surface area contributed by atoms with E-state index in [2.05, 4.69) is 13.2 Å². The topological polar surface area (TPSA) is 61.8 Å². The normalized spacial score (nSPS) is 9.45. The predicted molar refractivity (Wildman–Crippen MR) is 124 cm³/mol. The van der Waals surface area contributed by atoms with Gasteiger partial charge in [-0.3, -0.25) is 4.79 Å². The van der Waals surface area contributed by atoms with Gasteiger partial charge in [0.2, 0.25) is 0 Å². The molecule has 2 aromatic carbocycles. The number of benzene rings is 2. The molecule has 0 aromatic heterocycles. The van der Waals surface area contributed by atoms with Crippen LogP contribution in [0.1, 0.15) is 34.6 Å². The lowest BCUT2D eigenvalue weighted by molar-refractivity contribution is -0.130. The van der Waals surface area contributed by atoms with E-state index in [1.807, 2.05) is 52.0 Å². The molecule has 0 bridgehead atoms. The van der Waals surface area contributed by atoms with Gasteiger partial charge in [-0.05, 0) is 70.5 Å². The zero-order valence-electron chi connectivity index (χ0n) is 18.9. The van der Waals surface area contributed by atoms with Crippen molar-refractivity contribution in [3.8, 4) is 28.4 Å². The van der Waals surface area contributed by atoms with Gasteiger partial charge in [0.25, 0.3) is 6.47 Å². The van der Waals surface area contributed by atoms with Crippen molar-refractivity contribution in [3.63, 3.8) is 0 Å². The Morgan fingerprint density at radius 2 is 1.52 bits per heavy atom. The van der Waals surface area contributed by atoms with Gasteiger partial charge in [-0.15, -0.1) is 6.58 Å². The van der Waals surface area contributed by atoms with E-state index in [9.17, 15) is 9.59 Å². The van der Waals surface area contributed by atoms with Crippen LogP contribution < -0.4 is 14.2 Å². The number of esters is 1. The summed E-state index contributed by atoms with van der Waals surface area (Å²) < 4.78 is 16.0. The van der Waals surface area contributed by atoms with Gasteiger partial charge in [-0.25, -0.2) is 4.79 Å². The van der Waals surface area contributed by atoms with Crippen LogP contribution in [0.25, 0.3) is 11.1 Å². The highest BCUT2D eigenvalue weighted by Gasteiger charge is 2.10. The van der Waals surface area contributed by atoms with Crippen LogP contribution in [-0.4, -0.2) is 19.0 Å². The minimum Gasteiger partial charge on any atom is -0.489 e. The molecule has 2 rings (SSSR count). The highest BCUT2D eigenvalue weighted by Crippen LogP contribution is 2.34. The van der Waals surface area contributed by atoms with Crippen LogP contribution in [0.15, 0.2) is 78.4 Å². The largest absolute Gasteiger partial charge is 0.489 e. The smallest absolute Gasteiger partial charge is 0.338 e. The molecular formula is C26H30O5. The van der Waals surface area contributed by atoms with E-state index >= 15 is 0 Å². The van der Waals surface area contributed by atoms with Crippen LogP contribution >= 0.6 is 0 Å². The molecule has 0 radical (unpaired) electrons. The molecule has 0 heterocycles. The van der Waals surface area contributed by atoms with Crippen molar-refractivity contribution in [1.82, 2.24) is 0 Å². The molecule has 0 saturated heterocycles. The molecule has 0 saturated carbocycles. The third-order valence-electron chi connectivity index (χ3n) is 3.59. The molecular weight excluding hydrogens is 392 g/mol. The standard InChI is InChI=1S/C22H22O5.C4H8/c1-15(2)11-12-25-21-13-19(26-14-23)9-10-20(21)17-5-7-18(8-6-17)27-22(24)16(3)4;1-4(2)3/h5-11,13-14H,3,12H2,1-2,4H3;1H2,2-3H3. The van der Waals surface area contributed by atoms with E-state index < -0.39 is 5.97 Å². The first kappa shape index (κ1) is 25.4. The molecule has 0 unspecified atom stereocenters. The van der Waals surface area contributed by atoms with E-state index in [1.165, 1.54) is 5.57 Å². The summed E-state index contributed by atoms with van der Waals surface area (Å²) in [5.41, 5.74) is 4.34. The maximum Gasteiger partial charge on any atom is 0.338 e. The van der Waals surface area contributed by atoms with Gasteiger partial charge in [0.1, 0.15) is 23.9 Å². The number of ether oxygens (including phenoxy) is 3. The van der Waals surface area contributed by atoms with E-state index in [0.29, 0.717) is 35.9 Å². The maximum absolute atomic E-state index is 11.6.